The van der Waals surface area contributed by atoms with E-state index in [-0.39, 0.29) is 11.9 Å². The lowest BCUT2D eigenvalue weighted by molar-refractivity contribution is -0.123. The predicted octanol–water partition coefficient (Wildman–Crippen LogP) is 3.43. The van der Waals surface area contributed by atoms with Gasteiger partial charge in [-0.1, -0.05) is 24.3 Å². The highest BCUT2D eigenvalue weighted by molar-refractivity contribution is 5.98. The average molecular weight is 434 g/mol. The highest BCUT2D eigenvalue weighted by atomic mass is 16.5. The predicted molar refractivity (Wildman–Crippen MR) is 127 cm³/mol. The van der Waals surface area contributed by atoms with Crippen LogP contribution >= 0.6 is 0 Å². The number of likely N-dealkylation sites (N-methyl/N-ethyl adjacent to an activating group) is 1. The molecule has 1 aliphatic rings. The highest BCUT2D eigenvalue weighted by Gasteiger charge is 2.34. The van der Waals surface area contributed by atoms with Gasteiger partial charge >= 0.3 is 0 Å². The number of aromatic nitrogens is 2. The fourth-order valence-corrected chi connectivity index (χ4v) is 4.21. The number of nitrogens with one attached hydrogen (secondary N) is 1. The topological polar surface area (TPSA) is 64.7 Å². The summed E-state index contributed by atoms with van der Waals surface area (Å²) in [4.78, 5) is 20.3. The van der Waals surface area contributed by atoms with Gasteiger partial charge in [-0.05, 0) is 55.9 Å². The maximum atomic E-state index is 13.9. The third-order valence-corrected chi connectivity index (χ3v) is 5.95. The maximum absolute atomic E-state index is 13.9. The molecule has 32 heavy (non-hydrogen) atoms. The Labute approximate surface area is 189 Å². The fourth-order valence-electron chi connectivity index (χ4n) is 4.21. The Balaban J connectivity index is 1.65. The quantitative estimate of drug-likeness (QED) is 0.619. The van der Waals surface area contributed by atoms with E-state index in [0.29, 0.717) is 6.54 Å². The van der Waals surface area contributed by atoms with Crippen LogP contribution in [0, 0.1) is 0 Å². The molecule has 0 bridgehead atoms. The van der Waals surface area contributed by atoms with Crippen LogP contribution < -0.4 is 9.64 Å². The minimum absolute atomic E-state index is 0.102. The van der Waals surface area contributed by atoms with Gasteiger partial charge in [-0.25, -0.2) is 0 Å². The fraction of sp³-hybridized carbons (Fsp3) is 0.360. The maximum Gasteiger partial charge on any atom is 0.248 e. The zero-order chi connectivity index (χ0) is 22.5. The molecule has 1 amide bonds. The first-order chi connectivity index (χ1) is 15.6. The lowest BCUT2D eigenvalue weighted by atomic mass is 10.0. The SMILES string of the molecule is COc1cccc(C2C(=O)N(c3ccc(-c4cn[nH]c4)cc3)CCCN2CCN(C)C)c1. The number of carbonyl (C=O) groups excluding carboxylic acids is 1. The summed E-state index contributed by atoms with van der Waals surface area (Å²) in [6, 6.07) is 15.7. The summed E-state index contributed by atoms with van der Waals surface area (Å²) in [5.74, 6) is 0.869. The number of carbonyl (C=O) groups is 1. The molecule has 1 aromatic heterocycles. The molecule has 1 unspecified atom stereocenters. The van der Waals surface area contributed by atoms with Crippen molar-refractivity contribution in [2.24, 2.45) is 0 Å². The Bertz CT molecular complexity index is 1020. The Kier molecular flexibility index (Phi) is 6.87. The summed E-state index contributed by atoms with van der Waals surface area (Å²) in [5, 5.41) is 6.87. The van der Waals surface area contributed by atoms with Crippen molar-refractivity contribution in [2.75, 3.05) is 52.3 Å². The van der Waals surface area contributed by atoms with Gasteiger partial charge in [0.2, 0.25) is 5.91 Å². The van der Waals surface area contributed by atoms with Gasteiger partial charge in [-0.3, -0.25) is 14.8 Å². The standard InChI is InChI=1S/C25H31N5O2/c1-28(2)14-15-29-12-5-13-30(22-10-8-19(9-11-22)21-17-26-27-18-21)25(31)24(29)20-6-4-7-23(16-20)32-3/h4,6-11,16-18,24H,5,12-15H2,1-3H3,(H,26,27). The summed E-state index contributed by atoms with van der Waals surface area (Å²) in [5.41, 5.74) is 3.99. The van der Waals surface area contributed by atoms with E-state index in [1.165, 1.54) is 0 Å². The number of methoxy groups -OCH3 is 1. The van der Waals surface area contributed by atoms with Gasteiger partial charge < -0.3 is 14.5 Å². The molecular formula is C25H31N5O2. The third-order valence-electron chi connectivity index (χ3n) is 5.95. The van der Waals surface area contributed by atoms with Crippen LogP contribution in [-0.4, -0.2) is 73.3 Å². The Morgan fingerprint density at radius 1 is 1.12 bits per heavy atom. The van der Waals surface area contributed by atoms with Crippen LogP contribution in [0.2, 0.25) is 0 Å². The molecule has 2 heterocycles. The summed E-state index contributed by atoms with van der Waals surface area (Å²) >= 11 is 0. The molecule has 7 nitrogen and oxygen atoms in total. The van der Waals surface area contributed by atoms with Crippen molar-refractivity contribution in [1.82, 2.24) is 20.0 Å². The van der Waals surface area contributed by atoms with E-state index in [9.17, 15) is 4.79 Å². The minimum atomic E-state index is -0.346. The van der Waals surface area contributed by atoms with Crippen LogP contribution in [0.3, 0.4) is 0 Å². The molecule has 0 aliphatic carbocycles. The van der Waals surface area contributed by atoms with Crippen LogP contribution in [0.15, 0.2) is 60.9 Å². The largest absolute Gasteiger partial charge is 0.497 e. The van der Waals surface area contributed by atoms with E-state index < -0.39 is 0 Å². The normalized spacial score (nSPS) is 17.6. The molecule has 2 aromatic carbocycles. The zero-order valence-electron chi connectivity index (χ0n) is 19.0. The number of amides is 1. The van der Waals surface area contributed by atoms with Crippen LogP contribution in [0.1, 0.15) is 18.0 Å². The van der Waals surface area contributed by atoms with Gasteiger partial charge in [-0.15, -0.1) is 0 Å². The van der Waals surface area contributed by atoms with Gasteiger partial charge in [0, 0.05) is 43.6 Å². The summed E-state index contributed by atoms with van der Waals surface area (Å²) in [6.07, 6.45) is 4.59. The zero-order valence-corrected chi connectivity index (χ0v) is 19.0. The van der Waals surface area contributed by atoms with Crippen molar-refractivity contribution in [1.29, 1.82) is 0 Å². The van der Waals surface area contributed by atoms with Gasteiger partial charge in [0.25, 0.3) is 0 Å². The summed E-state index contributed by atoms with van der Waals surface area (Å²) < 4.78 is 5.45. The van der Waals surface area contributed by atoms with Crippen molar-refractivity contribution in [3.63, 3.8) is 0 Å². The van der Waals surface area contributed by atoms with Crippen LogP contribution in [0.25, 0.3) is 11.1 Å². The molecule has 0 saturated carbocycles. The summed E-state index contributed by atoms with van der Waals surface area (Å²) in [7, 11) is 5.79. The van der Waals surface area contributed by atoms with Crippen molar-refractivity contribution in [2.45, 2.75) is 12.5 Å². The van der Waals surface area contributed by atoms with Crippen LogP contribution in [0.4, 0.5) is 5.69 Å². The summed E-state index contributed by atoms with van der Waals surface area (Å²) in [6.45, 7) is 3.29. The number of anilines is 1. The number of rotatable bonds is 7. The molecule has 0 radical (unpaired) electrons. The molecule has 1 atom stereocenters. The van der Waals surface area contributed by atoms with E-state index in [0.717, 1.165) is 54.2 Å². The second kappa shape index (κ2) is 9.97. The molecule has 1 saturated heterocycles. The molecule has 168 valence electrons. The monoisotopic (exact) mass is 433 g/mol. The Morgan fingerprint density at radius 3 is 2.62 bits per heavy atom. The molecule has 1 aliphatic heterocycles. The molecule has 7 heteroatoms. The van der Waals surface area contributed by atoms with Crippen molar-refractivity contribution in [3.05, 3.63) is 66.5 Å². The highest BCUT2D eigenvalue weighted by Crippen LogP contribution is 2.32. The molecule has 0 spiro atoms. The lowest BCUT2D eigenvalue weighted by Gasteiger charge is -2.32. The van der Waals surface area contributed by atoms with E-state index in [1.807, 2.05) is 59.6 Å². The first-order valence-corrected chi connectivity index (χ1v) is 11.0. The minimum Gasteiger partial charge on any atom is -0.497 e. The number of hydrogen-bond acceptors (Lipinski definition) is 5. The van der Waals surface area contributed by atoms with E-state index in [1.54, 1.807) is 13.3 Å². The van der Waals surface area contributed by atoms with Gasteiger partial charge in [0.1, 0.15) is 11.8 Å². The molecule has 1 N–H and O–H groups in total. The van der Waals surface area contributed by atoms with Crippen LogP contribution in [-0.2, 0) is 4.79 Å². The number of ether oxygens (including phenoxy) is 1. The van der Waals surface area contributed by atoms with Gasteiger partial charge in [0.15, 0.2) is 0 Å². The first-order valence-electron chi connectivity index (χ1n) is 11.0. The Hall–Kier alpha value is -3.16. The molecular weight excluding hydrogens is 402 g/mol. The van der Waals surface area contributed by atoms with Crippen LogP contribution in [0.5, 0.6) is 5.75 Å². The second-order valence-corrected chi connectivity index (χ2v) is 8.40. The van der Waals surface area contributed by atoms with Gasteiger partial charge in [0.05, 0.1) is 13.3 Å². The number of aromatic amines is 1. The van der Waals surface area contributed by atoms with E-state index in [2.05, 4.69) is 34.1 Å². The average Bonchev–Trinajstić information content (AvgIpc) is 3.29. The van der Waals surface area contributed by atoms with Crippen molar-refractivity contribution >= 4 is 11.6 Å². The number of nitrogens with zero attached hydrogens (tertiary/aromatic N) is 4. The molecule has 4 rings (SSSR count). The van der Waals surface area contributed by atoms with Gasteiger partial charge in [-0.2, -0.15) is 5.10 Å². The molecule has 3 aromatic rings. The Morgan fingerprint density at radius 2 is 1.94 bits per heavy atom. The third kappa shape index (κ3) is 4.84. The number of hydrogen-bond donors (Lipinski definition) is 1. The first kappa shape index (κ1) is 22.0. The van der Waals surface area contributed by atoms with E-state index >= 15 is 0 Å². The van der Waals surface area contributed by atoms with Crippen molar-refractivity contribution < 1.29 is 9.53 Å². The van der Waals surface area contributed by atoms with E-state index in [4.69, 9.17) is 4.74 Å². The number of benzene rings is 2. The second-order valence-electron chi connectivity index (χ2n) is 8.40. The van der Waals surface area contributed by atoms with Crippen molar-refractivity contribution in [3.8, 4) is 16.9 Å². The molecule has 1 fully saturated rings. The smallest absolute Gasteiger partial charge is 0.248 e. The number of H-pyrrole nitrogens is 1. The lowest BCUT2D eigenvalue weighted by Crippen LogP contribution is -2.42.